The van der Waals surface area contributed by atoms with Crippen LogP contribution in [0.1, 0.15) is 78.6 Å². The molecular weight excluding hydrogens is 324 g/mol. The van der Waals surface area contributed by atoms with Crippen molar-refractivity contribution in [1.82, 2.24) is 0 Å². The minimum absolute atomic E-state index is 0.495. The monoisotopic (exact) mass is 362 g/mol. The number of hydrogen-bond donors (Lipinski definition) is 0. The van der Waals surface area contributed by atoms with Gasteiger partial charge in [-0.2, -0.15) is 0 Å². The Labute approximate surface area is 149 Å². The van der Waals surface area contributed by atoms with Gasteiger partial charge in [0.05, 0.1) is 12.7 Å². The second-order valence-electron chi connectivity index (χ2n) is 6.41. The molecule has 1 aliphatic rings. The van der Waals surface area contributed by atoms with Gasteiger partial charge in [-0.1, -0.05) is 40.0 Å². The molecule has 0 aliphatic carbocycles. The molecule has 0 aromatic rings. The summed E-state index contributed by atoms with van der Waals surface area (Å²) in [6.45, 7) is 9.99. The summed E-state index contributed by atoms with van der Waals surface area (Å²) in [4.78, 5) is 0. The topological polar surface area (TPSA) is 49.5 Å². The minimum Gasteiger partial charge on any atom is -0.373 e. The molecule has 1 heterocycles. The van der Waals surface area contributed by atoms with Crippen molar-refractivity contribution in [3.63, 3.8) is 0 Å². The zero-order valence-corrected chi connectivity index (χ0v) is 17.0. The van der Waals surface area contributed by atoms with Crippen LogP contribution in [-0.2, 0) is 22.4 Å². The molecule has 0 N–H and O–H groups in total. The van der Waals surface area contributed by atoms with Gasteiger partial charge in [0.15, 0.2) is 0 Å². The molecule has 0 aromatic heterocycles. The van der Waals surface area contributed by atoms with Gasteiger partial charge >= 0.3 is 9.05 Å². The molecule has 6 heteroatoms. The first-order chi connectivity index (χ1) is 11.8. The van der Waals surface area contributed by atoms with Crippen molar-refractivity contribution < 1.29 is 22.4 Å². The summed E-state index contributed by atoms with van der Waals surface area (Å²) in [6.07, 6.45) is 10.0. The lowest BCUT2D eigenvalue weighted by Crippen LogP contribution is -2.50. The van der Waals surface area contributed by atoms with E-state index in [1.807, 2.05) is 0 Å². The van der Waals surface area contributed by atoms with Gasteiger partial charge in [-0.05, 0) is 38.5 Å². The van der Waals surface area contributed by atoms with Crippen LogP contribution in [0, 0.1) is 0 Å². The van der Waals surface area contributed by atoms with E-state index in [4.69, 9.17) is 22.4 Å². The highest BCUT2D eigenvalue weighted by atomic mass is 28.4. The van der Waals surface area contributed by atoms with Crippen LogP contribution >= 0.6 is 0 Å². The van der Waals surface area contributed by atoms with Crippen molar-refractivity contribution in [2.24, 2.45) is 0 Å². The van der Waals surface area contributed by atoms with Crippen molar-refractivity contribution in [2.75, 3.05) is 33.0 Å². The molecule has 1 aliphatic heterocycles. The molecule has 0 radical (unpaired) electrons. The average Bonchev–Trinajstić information content (AvgIpc) is 3.39. The third-order valence-corrected chi connectivity index (χ3v) is 6.16. The van der Waals surface area contributed by atoms with E-state index in [9.17, 15) is 0 Å². The largest absolute Gasteiger partial charge is 0.679 e. The van der Waals surface area contributed by atoms with Gasteiger partial charge in [0.25, 0.3) is 0 Å². The first-order valence-electron chi connectivity index (χ1n) is 9.93. The summed E-state index contributed by atoms with van der Waals surface area (Å²) in [7, 11) is -3.00. The fraction of sp³-hybridized carbons (Fsp3) is 1.00. The lowest BCUT2D eigenvalue weighted by Gasteiger charge is -2.28. The van der Waals surface area contributed by atoms with Gasteiger partial charge in [0, 0.05) is 26.4 Å². The second-order valence-corrected chi connectivity index (χ2v) is 8.56. The van der Waals surface area contributed by atoms with E-state index in [1.165, 1.54) is 0 Å². The first kappa shape index (κ1) is 22.1. The maximum atomic E-state index is 6.10. The van der Waals surface area contributed by atoms with E-state index in [0.717, 1.165) is 64.4 Å². The van der Waals surface area contributed by atoms with E-state index in [0.29, 0.717) is 32.5 Å². The maximum absolute atomic E-state index is 6.10. The smallest absolute Gasteiger partial charge is 0.373 e. The second kappa shape index (κ2) is 14.2. The van der Waals surface area contributed by atoms with E-state index in [-0.39, 0.29) is 0 Å². The third-order valence-electron chi connectivity index (χ3n) is 3.93. The SMILES string of the molecule is CCCCO[Si](OCCCC)(OCCCC)OCCCCC1CO1. The molecule has 144 valence electrons. The van der Waals surface area contributed by atoms with Crippen LogP contribution in [0.2, 0.25) is 0 Å². The molecule has 0 aromatic carbocycles. The van der Waals surface area contributed by atoms with Crippen LogP contribution < -0.4 is 0 Å². The molecular formula is C18H38O5Si. The Kier molecular flexibility index (Phi) is 13.1. The average molecular weight is 363 g/mol. The van der Waals surface area contributed by atoms with Gasteiger partial charge in [-0.15, -0.1) is 0 Å². The maximum Gasteiger partial charge on any atom is 0.679 e. The Morgan fingerprint density at radius 1 is 0.708 bits per heavy atom. The number of ether oxygens (including phenoxy) is 1. The Morgan fingerprint density at radius 3 is 1.50 bits per heavy atom. The van der Waals surface area contributed by atoms with E-state index >= 15 is 0 Å². The molecule has 1 atom stereocenters. The number of epoxide rings is 1. The van der Waals surface area contributed by atoms with Crippen molar-refractivity contribution in [3.8, 4) is 0 Å². The summed E-state index contributed by atoms with van der Waals surface area (Å²) < 4.78 is 29.5. The molecule has 1 saturated heterocycles. The van der Waals surface area contributed by atoms with Crippen LogP contribution in [0.5, 0.6) is 0 Å². The molecule has 1 rings (SSSR count). The molecule has 1 fully saturated rings. The van der Waals surface area contributed by atoms with Crippen molar-refractivity contribution in [2.45, 2.75) is 84.7 Å². The van der Waals surface area contributed by atoms with Crippen molar-refractivity contribution in [1.29, 1.82) is 0 Å². The summed E-state index contributed by atoms with van der Waals surface area (Å²) in [6, 6.07) is 0. The van der Waals surface area contributed by atoms with Crippen LogP contribution in [0.25, 0.3) is 0 Å². The van der Waals surface area contributed by atoms with Crippen molar-refractivity contribution in [3.05, 3.63) is 0 Å². The highest BCUT2D eigenvalue weighted by Crippen LogP contribution is 2.19. The predicted molar refractivity (Wildman–Crippen MR) is 97.9 cm³/mol. The van der Waals surface area contributed by atoms with E-state index in [1.54, 1.807) is 0 Å². The van der Waals surface area contributed by atoms with Crippen LogP contribution in [0.15, 0.2) is 0 Å². The number of hydrogen-bond acceptors (Lipinski definition) is 5. The molecule has 5 nitrogen and oxygen atoms in total. The van der Waals surface area contributed by atoms with Crippen LogP contribution in [0.3, 0.4) is 0 Å². The minimum atomic E-state index is -3.00. The molecule has 0 saturated carbocycles. The van der Waals surface area contributed by atoms with Crippen LogP contribution in [-0.4, -0.2) is 48.2 Å². The van der Waals surface area contributed by atoms with Gasteiger partial charge in [-0.3, -0.25) is 0 Å². The highest BCUT2D eigenvalue weighted by molar-refractivity contribution is 6.53. The number of rotatable bonds is 18. The quantitative estimate of drug-likeness (QED) is 0.205. The van der Waals surface area contributed by atoms with E-state index < -0.39 is 9.05 Å². The van der Waals surface area contributed by atoms with Gasteiger partial charge in [0.2, 0.25) is 0 Å². The molecule has 24 heavy (non-hydrogen) atoms. The van der Waals surface area contributed by atoms with E-state index in [2.05, 4.69) is 20.8 Å². The number of unbranched alkanes of at least 4 members (excludes halogenated alkanes) is 4. The van der Waals surface area contributed by atoms with Gasteiger partial charge in [-0.25, -0.2) is 0 Å². The summed E-state index contributed by atoms with van der Waals surface area (Å²) >= 11 is 0. The summed E-state index contributed by atoms with van der Waals surface area (Å²) in [5, 5.41) is 0. The molecule has 0 spiro atoms. The third kappa shape index (κ3) is 10.8. The molecule has 1 unspecified atom stereocenters. The van der Waals surface area contributed by atoms with Crippen LogP contribution in [0.4, 0.5) is 0 Å². The fourth-order valence-corrected chi connectivity index (χ4v) is 4.26. The first-order valence-corrected chi connectivity index (χ1v) is 11.6. The summed E-state index contributed by atoms with van der Waals surface area (Å²) in [5.74, 6) is 0. The highest BCUT2D eigenvalue weighted by Gasteiger charge is 2.45. The Morgan fingerprint density at radius 2 is 1.12 bits per heavy atom. The Bertz CT molecular complexity index is 260. The molecule has 0 amide bonds. The standard InChI is InChI=1S/C18H38O5Si/c1-4-7-13-20-24(21-14-8-5-2,22-15-9-6-3)23-16-11-10-12-18-17-19-18/h18H,4-17H2,1-3H3. The lowest BCUT2D eigenvalue weighted by molar-refractivity contribution is -0.0370. The Hall–Kier alpha value is 0.0169. The zero-order chi connectivity index (χ0) is 17.5. The molecule has 0 bridgehead atoms. The predicted octanol–water partition coefficient (Wildman–Crippen LogP) is 4.46. The van der Waals surface area contributed by atoms with Gasteiger partial charge < -0.3 is 22.4 Å². The zero-order valence-electron chi connectivity index (χ0n) is 16.0. The fourth-order valence-electron chi connectivity index (χ4n) is 2.18. The van der Waals surface area contributed by atoms with Gasteiger partial charge in [0.1, 0.15) is 0 Å². The van der Waals surface area contributed by atoms with Crippen molar-refractivity contribution >= 4 is 9.05 Å². The lowest BCUT2D eigenvalue weighted by atomic mass is 10.2. The normalized spacial score (nSPS) is 17.4. The summed E-state index contributed by atoms with van der Waals surface area (Å²) in [5.41, 5.74) is 0. The Balaban J connectivity index is 2.43.